The maximum atomic E-state index is 5.98. The predicted octanol–water partition coefficient (Wildman–Crippen LogP) is 1.39. The zero-order chi connectivity index (χ0) is 11.8. The van der Waals surface area contributed by atoms with Gasteiger partial charge in [0.25, 0.3) is 0 Å². The van der Waals surface area contributed by atoms with Crippen LogP contribution in [0.25, 0.3) is 0 Å². The lowest BCUT2D eigenvalue weighted by Crippen LogP contribution is -2.64. The lowest BCUT2D eigenvalue weighted by Gasteiger charge is -2.49. The zero-order valence-corrected chi connectivity index (χ0v) is 9.99. The zero-order valence-electron chi connectivity index (χ0n) is 9.99. The first-order valence-corrected chi connectivity index (χ1v) is 5.31. The largest absolute Gasteiger partial charge is 0.397 e. The van der Waals surface area contributed by atoms with Crippen molar-refractivity contribution in [3.8, 4) is 0 Å². The molecule has 1 fully saturated rings. The maximum absolute atomic E-state index is 5.98. The number of methoxy groups -OCH3 is 2. The van der Waals surface area contributed by atoms with Gasteiger partial charge >= 0.3 is 0 Å². The lowest BCUT2D eigenvalue weighted by atomic mass is 10.0. The molecule has 2 N–H and O–H groups in total. The number of rotatable bonds is 3. The number of nitrogens with zero attached hydrogens (tertiary/aromatic N) is 1. The third kappa shape index (κ3) is 1.74. The summed E-state index contributed by atoms with van der Waals surface area (Å²) in [5.74, 6) is -0.461. The van der Waals surface area contributed by atoms with E-state index in [1.807, 2.05) is 19.1 Å². The standard InChI is InChI=1S/C12H18N2O2/c1-9-4-5-11(10(13)6-9)14-7-12(8-14,15-2)16-3/h4-6H,7-8,13H2,1-3H3. The smallest absolute Gasteiger partial charge is 0.203 e. The quantitative estimate of drug-likeness (QED) is 0.620. The Balaban J connectivity index is 2.12. The Morgan fingerprint density at radius 1 is 1.25 bits per heavy atom. The molecule has 88 valence electrons. The fourth-order valence-corrected chi connectivity index (χ4v) is 2.01. The van der Waals surface area contributed by atoms with Crippen molar-refractivity contribution in [3.63, 3.8) is 0 Å². The average molecular weight is 222 g/mol. The second-order valence-electron chi connectivity index (χ2n) is 4.24. The van der Waals surface area contributed by atoms with Gasteiger partial charge in [-0.25, -0.2) is 0 Å². The first-order chi connectivity index (χ1) is 7.60. The van der Waals surface area contributed by atoms with E-state index in [4.69, 9.17) is 15.2 Å². The predicted molar refractivity (Wildman–Crippen MR) is 64.6 cm³/mol. The number of anilines is 2. The minimum atomic E-state index is -0.461. The van der Waals surface area contributed by atoms with Gasteiger partial charge in [0, 0.05) is 14.2 Å². The summed E-state index contributed by atoms with van der Waals surface area (Å²) >= 11 is 0. The summed E-state index contributed by atoms with van der Waals surface area (Å²) in [4.78, 5) is 2.15. The topological polar surface area (TPSA) is 47.7 Å². The van der Waals surface area contributed by atoms with E-state index in [1.165, 1.54) is 5.56 Å². The average Bonchev–Trinajstić information content (AvgIpc) is 2.20. The maximum Gasteiger partial charge on any atom is 0.203 e. The molecule has 1 aromatic rings. The second kappa shape index (κ2) is 3.96. The van der Waals surface area contributed by atoms with E-state index in [2.05, 4.69) is 11.0 Å². The Morgan fingerprint density at radius 2 is 1.88 bits per heavy atom. The fraction of sp³-hybridized carbons (Fsp3) is 0.500. The highest BCUT2D eigenvalue weighted by Gasteiger charge is 2.44. The SMILES string of the molecule is COC1(OC)CN(c2ccc(C)cc2N)C1. The Labute approximate surface area is 95.9 Å². The van der Waals surface area contributed by atoms with Crippen molar-refractivity contribution >= 4 is 11.4 Å². The molecule has 1 aliphatic heterocycles. The minimum absolute atomic E-state index is 0.461. The molecule has 16 heavy (non-hydrogen) atoms. The van der Waals surface area contributed by atoms with Crippen LogP contribution in [0.5, 0.6) is 0 Å². The molecular formula is C12H18N2O2. The van der Waals surface area contributed by atoms with Crippen LogP contribution < -0.4 is 10.6 Å². The van der Waals surface area contributed by atoms with Crippen molar-refractivity contribution in [3.05, 3.63) is 23.8 Å². The van der Waals surface area contributed by atoms with Crippen molar-refractivity contribution in [2.45, 2.75) is 12.7 Å². The summed E-state index contributed by atoms with van der Waals surface area (Å²) in [5, 5.41) is 0. The van der Waals surface area contributed by atoms with Gasteiger partial charge in [-0.3, -0.25) is 0 Å². The van der Waals surface area contributed by atoms with Crippen molar-refractivity contribution < 1.29 is 9.47 Å². The molecule has 0 saturated carbocycles. The van der Waals surface area contributed by atoms with E-state index in [0.717, 1.165) is 11.4 Å². The fourth-order valence-electron chi connectivity index (χ4n) is 2.01. The third-order valence-electron chi connectivity index (χ3n) is 3.13. The molecule has 4 nitrogen and oxygen atoms in total. The molecule has 4 heteroatoms. The molecule has 0 unspecified atom stereocenters. The van der Waals surface area contributed by atoms with Crippen LogP contribution >= 0.6 is 0 Å². The highest BCUT2D eigenvalue weighted by Crippen LogP contribution is 2.34. The van der Waals surface area contributed by atoms with E-state index in [-0.39, 0.29) is 0 Å². The van der Waals surface area contributed by atoms with Crippen LogP contribution in [0.4, 0.5) is 11.4 Å². The molecule has 1 heterocycles. The van der Waals surface area contributed by atoms with E-state index in [1.54, 1.807) is 14.2 Å². The first kappa shape index (κ1) is 11.2. The van der Waals surface area contributed by atoms with Gasteiger partial charge in [0.1, 0.15) is 0 Å². The Hall–Kier alpha value is -1.26. The highest BCUT2D eigenvalue weighted by atomic mass is 16.7. The number of hydrogen-bond acceptors (Lipinski definition) is 4. The number of nitrogen functional groups attached to an aromatic ring is 1. The summed E-state index contributed by atoms with van der Waals surface area (Å²) in [6, 6.07) is 6.08. The number of nitrogens with two attached hydrogens (primary N) is 1. The minimum Gasteiger partial charge on any atom is -0.397 e. The van der Waals surface area contributed by atoms with Crippen molar-refractivity contribution in [2.24, 2.45) is 0 Å². The summed E-state index contributed by atoms with van der Waals surface area (Å²) in [5.41, 5.74) is 9.01. The molecule has 1 saturated heterocycles. The summed E-state index contributed by atoms with van der Waals surface area (Å²) < 4.78 is 10.7. The Bertz CT molecular complexity index is 381. The van der Waals surface area contributed by atoms with Gasteiger partial charge in [-0.2, -0.15) is 0 Å². The molecule has 0 radical (unpaired) electrons. The second-order valence-corrected chi connectivity index (χ2v) is 4.24. The van der Waals surface area contributed by atoms with Crippen LogP contribution in [-0.2, 0) is 9.47 Å². The monoisotopic (exact) mass is 222 g/mol. The molecule has 0 aromatic heterocycles. The van der Waals surface area contributed by atoms with Crippen LogP contribution in [0.1, 0.15) is 5.56 Å². The van der Waals surface area contributed by atoms with Crippen LogP contribution in [0, 0.1) is 6.92 Å². The van der Waals surface area contributed by atoms with Gasteiger partial charge in [0.2, 0.25) is 5.79 Å². The summed E-state index contributed by atoms with van der Waals surface area (Å²) in [6.45, 7) is 3.46. The third-order valence-corrected chi connectivity index (χ3v) is 3.13. The molecule has 0 aliphatic carbocycles. The van der Waals surface area contributed by atoms with Crippen molar-refractivity contribution in [1.82, 2.24) is 0 Å². The van der Waals surface area contributed by atoms with E-state index in [9.17, 15) is 0 Å². The van der Waals surface area contributed by atoms with Crippen molar-refractivity contribution in [2.75, 3.05) is 37.9 Å². The van der Waals surface area contributed by atoms with Gasteiger partial charge in [-0.1, -0.05) is 6.07 Å². The summed E-state index contributed by atoms with van der Waals surface area (Å²) in [6.07, 6.45) is 0. The van der Waals surface area contributed by atoms with E-state index in [0.29, 0.717) is 13.1 Å². The number of hydrogen-bond donors (Lipinski definition) is 1. The van der Waals surface area contributed by atoms with Crippen LogP contribution in [0.2, 0.25) is 0 Å². The number of benzene rings is 1. The first-order valence-electron chi connectivity index (χ1n) is 5.31. The molecule has 0 bridgehead atoms. The van der Waals surface area contributed by atoms with Gasteiger partial charge < -0.3 is 20.1 Å². The van der Waals surface area contributed by atoms with Gasteiger partial charge in [-0.15, -0.1) is 0 Å². The van der Waals surface area contributed by atoms with E-state index < -0.39 is 5.79 Å². The molecule has 1 aliphatic rings. The molecule has 0 spiro atoms. The normalized spacial score (nSPS) is 18.3. The Morgan fingerprint density at radius 3 is 2.38 bits per heavy atom. The Kier molecular flexibility index (Phi) is 2.78. The number of aryl methyl sites for hydroxylation is 1. The highest BCUT2D eigenvalue weighted by molar-refractivity contribution is 5.69. The van der Waals surface area contributed by atoms with Crippen molar-refractivity contribution in [1.29, 1.82) is 0 Å². The number of ether oxygens (including phenoxy) is 2. The van der Waals surface area contributed by atoms with Gasteiger partial charge in [0.05, 0.1) is 24.5 Å². The summed E-state index contributed by atoms with van der Waals surface area (Å²) in [7, 11) is 3.33. The molecule has 0 atom stereocenters. The van der Waals surface area contributed by atoms with Crippen LogP contribution in [0.15, 0.2) is 18.2 Å². The molecule has 1 aromatic carbocycles. The van der Waals surface area contributed by atoms with Gasteiger partial charge in [0.15, 0.2) is 0 Å². The van der Waals surface area contributed by atoms with Crippen LogP contribution in [-0.4, -0.2) is 33.1 Å². The molecular weight excluding hydrogens is 204 g/mol. The molecule has 0 amide bonds. The van der Waals surface area contributed by atoms with E-state index >= 15 is 0 Å². The van der Waals surface area contributed by atoms with Crippen LogP contribution in [0.3, 0.4) is 0 Å². The lowest BCUT2D eigenvalue weighted by molar-refractivity contribution is -0.219. The molecule has 2 rings (SSSR count). The van der Waals surface area contributed by atoms with Gasteiger partial charge in [-0.05, 0) is 24.6 Å².